The lowest BCUT2D eigenvalue weighted by Gasteiger charge is -2.34. The smallest absolute Gasteiger partial charge is 0.241 e. The second-order valence-corrected chi connectivity index (χ2v) is 6.11. The van der Waals surface area contributed by atoms with Gasteiger partial charge in [0.05, 0.1) is 27.9 Å². The highest BCUT2D eigenvalue weighted by Gasteiger charge is 2.26. The minimum atomic E-state index is 0.0753. The molecule has 0 aliphatic carbocycles. The highest BCUT2D eigenvalue weighted by molar-refractivity contribution is 5.95. The third-order valence-electron chi connectivity index (χ3n) is 4.54. The number of hydrogen-bond donors (Lipinski definition) is 0. The standard InChI is InChI=1S/C20H24N2O4/c1-24-17-8-5-7-16(12-17)22-11-10-21(14-19(22)23)13-15-6-4-9-18(25-2)20(15)26-3/h4-9,12H,10-11,13-14H2,1-3H3. The third-order valence-corrected chi connectivity index (χ3v) is 4.54. The van der Waals surface area contributed by atoms with Gasteiger partial charge in [0.15, 0.2) is 11.5 Å². The van der Waals surface area contributed by atoms with E-state index >= 15 is 0 Å². The Morgan fingerprint density at radius 1 is 0.962 bits per heavy atom. The number of piperazine rings is 1. The molecule has 1 fully saturated rings. The molecule has 0 atom stereocenters. The maximum Gasteiger partial charge on any atom is 0.241 e. The van der Waals surface area contributed by atoms with Gasteiger partial charge in [0.25, 0.3) is 0 Å². The summed E-state index contributed by atoms with van der Waals surface area (Å²) in [5.41, 5.74) is 1.88. The monoisotopic (exact) mass is 356 g/mol. The number of rotatable bonds is 6. The number of anilines is 1. The number of carbonyl (C=O) groups is 1. The van der Waals surface area contributed by atoms with Crippen LogP contribution in [0.4, 0.5) is 5.69 Å². The van der Waals surface area contributed by atoms with Gasteiger partial charge in [-0.05, 0) is 18.2 Å². The number of ether oxygens (including phenoxy) is 3. The van der Waals surface area contributed by atoms with Gasteiger partial charge in [0.1, 0.15) is 5.75 Å². The predicted octanol–water partition coefficient (Wildman–Crippen LogP) is 2.56. The molecule has 2 aromatic carbocycles. The topological polar surface area (TPSA) is 51.2 Å². The number of hydrogen-bond acceptors (Lipinski definition) is 5. The van der Waals surface area contributed by atoms with Gasteiger partial charge in [-0.15, -0.1) is 0 Å². The normalized spacial score (nSPS) is 15.0. The lowest BCUT2D eigenvalue weighted by Crippen LogP contribution is -2.50. The van der Waals surface area contributed by atoms with Crippen LogP contribution in [0.5, 0.6) is 17.2 Å². The summed E-state index contributed by atoms with van der Waals surface area (Å²) in [5, 5.41) is 0. The molecular formula is C20H24N2O4. The van der Waals surface area contributed by atoms with E-state index in [4.69, 9.17) is 14.2 Å². The van der Waals surface area contributed by atoms with E-state index < -0.39 is 0 Å². The van der Waals surface area contributed by atoms with Crippen molar-refractivity contribution in [3.8, 4) is 17.2 Å². The molecule has 0 N–H and O–H groups in total. The molecule has 138 valence electrons. The minimum absolute atomic E-state index is 0.0753. The van der Waals surface area contributed by atoms with E-state index in [-0.39, 0.29) is 5.91 Å². The van der Waals surface area contributed by atoms with Crippen molar-refractivity contribution < 1.29 is 19.0 Å². The van der Waals surface area contributed by atoms with Crippen LogP contribution in [0.25, 0.3) is 0 Å². The zero-order chi connectivity index (χ0) is 18.5. The first kappa shape index (κ1) is 18.1. The lowest BCUT2D eigenvalue weighted by atomic mass is 10.1. The van der Waals surface area contributed by atoms with Crippen molar-refractivity contribution in [2.45, 2.75) is 6.54 Å². The number of carbonyl (C=O) groups excluding carboxylic acids is 1. The van der Waals surface area contributed by atoms with Crippen LogP contribution in [0.15, 0.2) is 42.5 Å². The summed E-state index contributed by atoms with van der Waals surface area (Å²) in [5.74, 6) is 2.24. The molecule has 1 amide bonds. The third kappa shape index (κ3) is 3.75. The number of amides is 1. The molecule has 6 heteroatoms. The Bertz CT molecular complexity index is 778. The Morgan fingerprint density at radius 3 is 2.46 bits per heavy atom. The van der Waals surface area contributed by atoms with Gasteiger partial charge >= 0.3 is 0 Å². The average molecular weight is 356 g/mol. The average Bonchev–Trinajstić information content (AvgIpc) is 2.68. The van der Waals surface area contributed by atoms with Gasteiger partial charge < -0.3 is 19.1 Å². The molecule has 26 heavy (non-hydrogen) atoms. The van der Waals surface area contributed by atoms with E-state index in [0.29, 0.717) is 25.4 Å². The Morgan fingerprint density at radius 2 is 1.77 bits per heavy atom. The fraction of sp³-hybridized carbons (Fsp3) is 0.350. The summed E-state index contributed by atoms with van der Waals surface area (Å²) >= 11 is 0. The fourth-order valence-electron chi connectivity index (χ4n) is 3.23. The van der Waals surface area contributed by atoms with Gasteiger partial charge in [0, 0.05) is 37.0 Å². The number of methoxy groups -OCH3 is 3. The van der Waals surface area contributed by atoms with E-state index in [1.165, 1.54) is 0 Å². The van der Waals surface area contributed by atoms with Crippen molar-refractivity contribution in [3.63, 3.8) is 0 Å². The molecule has 0 bridgehead atoms. The minimum Gasteiger partial charge on any atom is -0.497 e. The summed E-state index contributed by atoms with van der Waals surface area (Å²) in [4.78, 5) is 16.6. The van der Waals surface area contributed by atoms with Crippen LogP contribution in [0.1, 0.15) is 5.56 Å². The second kappa shape index (κ2) is 8.10. The van der Waals surface area contributed by atoms with E-state index in [1.807, 2.05) is 47.4 Å². The van der Waals surface area contributed by atoms with Gasteiger partial charge in [-0.1, -0.05) is 18.2 Å². The number of benzene rings is 2. The van der Waals surface area contributed by atoms with Crippen LogP contribution in [0.2, 0.25) is 0 Å². The molecule has 0 spiro atoms. The number of nitrogens with zero attached hydrogens (tertiary/aromatic N) is 2. The van der Waals surface area contributed by atoms with Gasteiger partial charge in [-0.25, -0.2) is 0 Å². The molecular weight excluding hydrogens is 332 g/mol. The molecule has 1 aliphatic heterocycles. The molecule has 0 saturated carbocycles. The second-order valence-electron chi connectivity index (χ2n) is 6.11. The van der Waals surface area contributed by atoms with E-state index in [2.05, 4.69) is 4.90 Å². The number of para-hydroxylation sites is 1. The first-order valence-electron chi connectivity index (χ1n) is 8.53. The van der Waals surface area contributed by atoms with Gasteiger partial charge in [0.2, 0.25) is 5.91 Å². The fourth-order valence-corrected chi connectivity index (χ4v) is 3.23. The molecule has 1 saturated heterocycles. The highest BCUT2D eigenvalue weighted by atomic mass is 16.5. The quantitative estimate of drug-likeness (QED) is 0.796. The van der Waals surface area contributed by atoms with Gasteiger partial charge in [-0.3, -0.25) is 9.69 Å². The highest BCUT2D eigenvalue weighted by Crippen LogP contribution is 2.32. The van der Waals surface area contributed by atoms with E-state index in [9.17, 15) is 4.79 Å². The van der Waals surface area contributed by atoms with Crippen molar-refractivity contribution in [2.75, 3.05) is 45.9 Å². The lowest BCUT2D eigenvalue weighted by molar-refractivity contribution is -0.121. The molecule has 0 unspecified atom stereocenters. The molecule has 6 nitrogen and oxygen atoms in total. The van der Waals surface area contributed by atoms with Crippen molar-refractivity contribution >= 4 is 11.6 Å². The van der Waals surface area contributed by atoms with E-state index in [1.54, 1.807) is 21.3 Å². The summed E-state index contributed by atoms with van der Waals surface area (Å²) in [6.45, 7) is 2.41. The van der Waals surface area contributed by atoms with Crippen LogP contribution in [-0.2, 0) is 11.3 Å². The Kier molecular flexibility index (Phi) is 5.63. The molecule has 1 aliphatic rings. The first-order valence-corrected chi connectivity index (χ1v) is 8.53. The Labute approximate surface area is 153 Å². The van der Waals surface area contributed by atoms with Crippen LogP contribution in [0, 0.1) is 0 Å². The Balaban J connectivity index is 1.70. The van der Waals surface area contributed by atoms with Crippen LogP contribution in [-0.4, -0.2) is 51.8 Å². The summed E-state index contributed by atoms with van der Waals surface area (Å²) in [6.07, 6.45) is 0. The Hall–Kier alpha value is -2.73. The van der Waals surface area contributed by atoms with Gasteiger partial charge in [-0.2, -0.15) is 0 Å². The van der Waals surface area contributed by atoms with Crippen LogP contribution >= 0.6 is 0 Å². The molecule has 0 radical (unpaired) electrons. The molecule has 3 rings (SSSR count). The summed E-state index contributed by atoms with van der Waals surface area (Å²) in [6, 6.07) is 13.4. The van der Waals surface area contributed by atoms with Crippen molar-refractivity contribution in [2.24, 2.45) is 0 Å². The summed E-state index contributed by atoms with van der Waals surface area (Å²) in [7, 11) is 4.88. The van der Waals surface area contributed by atoms with Crippen molar-refractivity contribution in [1.29, 1.82) is 0 Å². The largest absolute Gasteiger partial charge is 0.497 e. The van der Waals surface area contributed by atoms with Crippen LogP contribution < -0.4 is 19.1 Å². The zero-order valence-electron chi connectivity index (χ0n) is 15.4. The molecule has 2 aromatic rings. The maximum atomic E-state index is 12.7. The molecule has 1 heterocycles. The van der Waals surface area contributed by atoms with E-state index in [0.717, 1.165) is 29.3 Å². The maximum absolute atomic E-state index is 12.7. The zero-order valence-corrected chi connectivity index (χ0v) is 15.4. The summed E-state index contributed by atoms with van der Waals surface area (Å²) < 4.78 is 16.1. The first-order chi connectivity index (χ1) is 12.7. The molecule has 0 aromatic heterocycles. The van der Waals surface area contributed by atoms with Crippen LogP contribution in [0.3, 0.4) is 0 Å². The van der Waals surface area contributed by atoms with Crippen molar-refractivity contribution in [1.82, 2.24) is 4.90 Å². The SMILES string of the molecule is COc1cccc(N2CCN(Cc3cccc(OC)c3OC)CC2=O)c1. The van der Waals surface area contributed by atoms with Crippen molar-refractivity contribution in [3.05, 3.63) is 48.0 Å². The predicted molar refractivity (Wildman–Crippen MR) is 100 cm³/mol.